The Hall–Kier alpha value is -2.97. The van der Waals surface area contributed by atoms with Crippen molar-refractivity contribution >= 4 is 11.8 Å². The molecular weight excluding hydrogens is 407 g/mol. The molecule has 0 aliphatic carbocycles. The summed E-state index contributed by atoms with van der Waals surface area (Å²) in [6.45, 7) is 0.312. The molecule has 2 aromatic rings. The normalized spacial score (nSPS) is 17.6. The van der Waals surface area contributed by atoms with E-state index in [9.17, 15) is 31.5 Å². The number of likely N-dealkylation sites (tertiary alicyclic amines) is 1. The van der Waals surface area contributed by atoms with Gasteiger partial charge in [-0.1, -0.05) is 12.1 Å². The quantitative estimate of drug-likeness (QED) is 0.742. The van der Waals surface area contributed by atoms with Crippen LogP contribution in [0, 0.1) is 11.6 Å². The number of rotatable bonds is 4. The van der Waals surface area contributed by atoms with Crippen LogP contribution < -0.4 is 5.32 Å². The van der Waals surface area contributed by atoms with Gasteiger partial charge >= 0.3 is 6.18 Å². The van der Waals surface area contributed by atoms with Crippen molar-refractivity contribution in [2.45, 2.75) is 38.0 Å². The minimum atomic E-state index is -4.49. The summed E-state index contributed by atoms with van der Waals surface area (Å²) in [5.41, 5.74) is -0.605. The third kappa shape index (κ3) is 5.14. The second-order valence-corrected chi connectivity index (χ2v) is 7.11. The SMILES string of the molecule is O=C(NC1CCCCN(Cc2cccc(C(F)(F)F)c2)C1=O)c1ccc(F)c(F)c1. The molecule has 1 aliphatic rings. The molecule has 0 aromatic heterocycles. The van der Waals surface area contributed by atoms with Gasteiger partial charge in [0.05, 0.1) is 5.56 Å². The highest BCUT2D eigenvalue weighted by molar-refractivity contribution is 5.97. The predicted octanol–water partition coefficient (Wildman–Crippen LogP) is 4.29. The van der Waals surface area contributed by atoms with Crippen LogP contribution in [0.1, 0.15) is 40.7 Å². The largest absolute Gasteiger partial charge is 0.416 e. The molecule has 0 radical (unpaired) electrons. The zero-order valence-corrected chi connectivity index (χ0v) is 15.8. The van der Waals surface area contributed by atoms with Crippen LogP contribution in [-0.2, 0) is 17.5 Å². The van der Waals surface area contributed by atoms with Crippen LogP contribution in [-0.4, -0.2) is 29.3 Å². The first-order valence-electron chi connectivity index (χ1n) is 9.36. The minimum Gasteiger partial charge on any atom is -0.340 e. The Morgan fingerprint density at radius 2 is 1.83 bits per heavy atom. The molecule has 0 saturated carbocycles. The van der Waals surface area contributed by atoms with E-state index in [1.165, 1.54) is 17.0 Å². The van der Waals surface area contributed by atoms with Crippen LogP contribution in [0.5, 0.6) is 0 Å². The Labute approximate surface area is 169 Å². The van der Waals surface area contributed by atoms with Crippen molar-refractivity contribution < 1.29 is 31.5 Å². The fraction of sp³-hybridized carbons (Fsp3) is 0.333. The third-order valence-electron chi connectivity index (χ3n) is 4.90. The lowest BCUT2D eigenvalue weighted by Crippen LogP contribution is -2.47. The summed E-state index contributed by atoms with van der Waals surface area (Å²) in [7, 11) is 0. The summed E-state index contributed by atoms with van der Waals surface area (Å²) < 4.78 is 65.2. The molecule has 160 valence electrons. The first-order valence-corrected chi connectivity index (χ1v) is 9.36. The Morgan fingerprint density at radius 1 is 1.07 bits per heavy atom. The van der Waals surface area contributed by atoms with Crippen LogP contribution in [0.4, 0.5) is 22.0 Å². The molecular formula is C21H19F5N2O2. The Morgan fingerprint density at radius 3 is 2.53 bits per heavy atom. The number of hydrogen-bond donors (Lipinski definition) is 1. The van der Waals surface area contributed by atoms with Gasteiger partial charge in [0.2, 0.25) is 5.91 Å². The molecule has 0 spiro atoms. The van der Waals surface area contributed by atoms with Gasteiger partial charge in [-0.05, 0) is 55.2 Å². The van der Waals surface area contributed by atoms with Gasteiger partial charge in [0.25, 0.3) is 5.91 Å². The van der Waals surface area contributed by atoms with E-state index in [1.54, 1.807) is 0 Å². The Bertz CT molecular complexity index is 945. The maximum Gasteiger partial charge on any atom is 0.416 e. The second kappa shape index (κ2) is 8.81. The maximum atomic E-state index is 13.4. The van der Waals surface area contributed by atoms with E-state index in [2.05, 4.69) is 5.32 Å². The molecule has 4 nitrogen and oxygen atoms in total. The number of amides is 2. The first-order chi connectivity index (χ1) is 14.1. The third-order valence-corrected chi connectivity index (χ3v) is 4.90. The van der Waals surface area contributed by atoms with Gasteiger partial charge in [0.15, 0.2) is 11.6 Å². The van der Waals surface area contributed by atoms with Crippen molar-refractivity contribution in [1.29, 1.82) is 0 Å². The highest BCUT2D eigenvalue weighted by Gasteiger charge is 2.32. The van der Waals surface area contributed by atoms with Crippen molar-refractivity contribution in [2.24, 2.45) is 0 Å². The van der Waals surface area contributed by atoms with Gasteiger partial charge < -0.3 is 10.2 Å². The van der Waals surface area contributed by atoms with E-state index in [1.807, 2.05) is 0 Å². The number of benzene rings is 2. The molecule has 1 fully saturated rings. The summed E-state index contributed by atoms with van der Waals surface area (Å²) >= 11 is 0. The minimum absolute atomic E-state index is 0.0275. The number of hydrogen-bond acceptors (Lipinski definition) is 2. The average molecular weight is 426 g/mol. The highest BCUT2D eigenvalue weighted by atomic mass is 19.4. The smallest absolute Gasteiger partial charge is 0.340 e. The first kappa shape index (κ1) is 21.7. The number of nitrogens with one attached hydrogen (secondary N) is 1. The van der Waals surface area contributed by atoms with Gasteiger partial charge in [0.1, 0.15) is 6.04 Å². The zero-order chi connectivity index (χ0) is 21.9. The van der Waals surface area contributed by atoms with Crippen molar-refractivity contribution in [1.82, 2.24) is 10.2 Å². The number of carbonyl (C=O) groups is 2. The zero-order valence-electron chi connectivity index (χ0n) is 15.8. The van der Waals surface area contributed by atoms with E-state index in [0.717, 1.165) is 30.3 Å². The lowest BCUT2D eigenvalue weighted by atomic mass is 10.1. The van der Waals surface area contributed by atoms with Gasteiger partial charge in [0, 0.05) is 18.7 Å². The van der Waals surface area contributed by atoms with Gasteiger partial charge in [-0.3, -0.25) is 9.59 Å². The summed E-state index contributed by atoms with van der Waals surface area (Å²) in [6, 6.07) is 6.50. The number of halogens is 5. The average Bonchev–Trinajstić information content (AvgIpc) is 2.86. The van der Waals surface area contributed by atoms with Crippen LogP contribution in [0.2, 0.25) is 0 Å². The fourth-order valence-electron chi connectivity index (χ4n) is 3.34. The molecule has 9 heteroatoms. The van der Waals surface area contributed by atoms with E-state index in [0.29, 0.717) is 31.4 Å². The number of nitrogens with zero attached hydrogens (tertiary/aromatic N) is 1. The predicted molar refractivity (Wildman–Crippen MR) is 98.3 cm³/mol. The number of carbonyl (C=O) groups excluding carboxylic acids is 2. The Kier molecular flexibility index (Phi) is 6.38. The molecule has 1 saturated heterocycles. The van der Waals surface area contributed by atoms with Gasteiger partial charge in [-0.15, -0.1) is 0 Å². The molecule has 1 heterocycles. The lowest BCUT2D eigenvalue weighted by Gasteiger charge is -2.25. The monoisotopic (exact) mass is 426 g/mol. The summed E-state index contributed by atoms with van der Waals surface area (Å²) in [6.07, 6.45) is -2.90. The van der Waals surface area contributed by atoms with Crippen molar-refractivity contribution in [3.8, 4) is 0 Å². The van der Waals surface area contributed by atoms with Gasteiger partial charge in [-0.25, -0.2) is 8.78 Å². The molecule has 1 N–H and O–H groups in total. The molecule has 2 amide bonds. The van der Waals surface area contributed by atoms with Crippen molar-refractivity contribution in [3.05, 3.63) is 70.8 Å². The topological polar surface area (TPSA) is 49.4 Å². The molecule has 1 atom stereocenters. The molecule has 3 rings (SSSR count). The maximum absolute atomic E-state index is 13.4. The standard InChI is InChI=1S/C21H19F5N2O2/c22-16-8-7-14(11-17(16)23)19(29)27-18-6-1-2-9-28(20(18)30)12-13-4-3-5-15(10-13)21(24,25)26/h3-5,7-8,10-11,18H,1-2,6,9,12H2,(H,27,29). The van der Waals surface area contributed by atoms with Crippen molar-refractivity contribution in [2.75, 3.05) is 6.54 Å². The van der Waals surface area contributed by atoms with E-state index >= 15 is 0 Å². The van der Waals surface area contributed by atoms with Crippen molar-refractivity contribution in [3.63, 3.8) is 0 Å². The van der Waals surface area contributed by atoms with Crippen LogP contribution in [0.15, 0.2) is 42.5 Å². The molecule has 1 aliphatic heterocycles. The molecule has 0 bridgehead atoms. The fourth-order valence-corrected chi connectivity index (χ4v) is 3.34. The highest BCUT2D eigenvalue weighted by Crippen LogP contribution is 2.30. The summed E-state index contributed by atoms with van der Waals surface area (Å²) in [4.78, 5) is 26.6. The molecule has 1 unspecified atom stereocenters. The summed E-state index contributed by atoms with van der Waals surface area (Å²) in [5.74, 6) is -3.43. The summed E-state index contributed by atoms with van der Waals surface area (Å²) in [5, 5.41) is 2.52. The second-order valence-electron chi connectivity index (χ2n) is 7.11. The van der Waals surface area contributed by atoms with E-state index in [-0.39, 0.29) is 12.1 Å². The molecule has 2 aromatic carbocycles. The van der Waals surface area contributed by atoms with Crippen LogP contribution in [0.3, 0.4) is 0 Å². The number of alkyl halides is 3. The van der Waals surface area contributed by atoms with Crippen LogP contribution in [0.25, 0.3) is 0 Å². The Balaban J connectivity index is 1.73. The van der Waals surface area contributed by atoms with E-state index in [4.69, 9.17) is 0 Å². The van der Waals surface area contributed by atoms with Crippen LogP contribution >= 0.6 is 0 Å². The molecule has 30 heavy (non-hydrogen) atoms. The lowest BCUT2D eigenvalue weighted by molar-refractivity contribution is -0.137. The van der Waals surface area contributed by atoms with E-state index < -0.39 is 41.2 Å². The van der Waals surface area contributed by atoms with Gasteiger partial charge in [-0.2, -0.15) is 13.2 Å².